The molecule has 1 aliphatic heterocycles. The highest BCUT2D eigenvalue weighted by Gasteiger charge is 2.31. The van der Waals surface area contributed by atoms with Crippen LogP contribution in [0.4, 0.5) is 5.69 Å². The molecule has 0 unspecified atom stereocenters. The number of thiocarbonyl (C=S) groups is 1. The summed E-state index contributed by atoms with van der Waals surface area (Å²) in [7, 11) is 0. The van der Waals surface area contributed by atoms with E-state index < -0.39 is 16.4 Å². The fraction of sp³-hybridized carbons (Fsp3) is 0.167. The maximum atomic E-state index is 12.1. The van der Waals surface area contributed by atoms with Crippen LogP contribution in [0.1, 0.15) is 12.5 Å². The molecular weight excluding hydrogens is 380 g/mol. The number of hydrogen-bond acceptors (Lipinski definition) is 6. The van der Waals surface area contributed by atoms with Crippen molar-refractivity contribution >= 4 is 61.9 Å². The minimum Gasteiger partial charge on any atom is -0.502 e. The van der Waals surface area contributed by atoms with E-state index in [-0.39, 0.29) is 11.5 Å². The van der Waals surface area contributed by atoms with Crippen molar-refractivity contribution in [3.8, 4) is 5.75 Å². The average Bonchev–Trinajstić information content (AvgIpc) is 2.67. The highest BCUT2D eigenvalue weighted by atomic mass is 79.9. The second-order valence-electron chi connectivity index (χ2n) is 4.05. The highest BCUT2D eigenvalue weighted by Crippen LogP contribution is 2.38. The van der Waals surface area contributed by atoms with E-state index in [1.54, 1.807) is 6.92 Å². The Balaban J connectivity index is 2.49. The number of carbonyl (C=O) groups is 1. The first-order valence-corrected chi connectivity index (χ1v) is 7.79. The van der Waals surface area contributed by atoms with Gasteiger partial charge in [-0.2, -0.15) is 0 Å². The van der Waals surface area contributed by atoms with E-state index in [0.29, 0.717) is 20.2 Å². The summed E-state index contributed by atoms with van der Waals surface area (Å²) in [6, 6.07) is 2.70. The first-order chi connectivity index (χ1) is 9.85. The van der Waals surface area contributed by atoms with Crippen LogP contribution in [0.15, 0.2) is 21.5 Å². The molecule has 1 saturated heterocycles. The second kappa shape index (κ2) is 6.12. The van der Waals surface area contributed by atoms with Gasteiger partial charge in [0.25, 0.3) is 5.91 Å². The molecule has 1 amide bonds. The Morgan fingerprint density at radius 3 is 2.76 bits per heavy atom. The molecule has 1 N–H and O–H groups in total. The lowest BCUT2D eigenvalue weighted by Gasteiger charge is -2.09. The van der Waals surface area contributed by atoms with E-state index in [2.05, 4.69) is 15.9 Å². The van der Waals surface area contributed by atoms with Gasteiger partial charge in [-0.25, -0.2) is 0 Å². The average molecular weight is 389 g/mol. The smallest absolute Gasteiger partial charge is 0.312 e. The molecule has 1 heterocycles. The number of thioether (sulfide) groups is 1. The molecule has 0 radical (unpaired) electrons. The number of amides is 1. The number of hydrogen-bond donors (Lipinski definition) is 1. The summed E-state index contributed by atoms with van der Waals surface area (Å²) in [5.74, 6) is -0.750. The van der Waals surface area contributed by atoms with Gasteiger partial charge >= 0.3 is 5.69 Å². The molecule has 1 aromatic carbocycles. The van der Waals surface area contributed by atoms with Crippen molar-refractivity contribution in [1.29, 1.82) is 0 Å². The third kappa shape index (κ3) is 3.09. The highest BCUT2D eigenvalue weighted by molar-refractivity contribution is 9.10. The zero-order valence-electron chi connectivity index (χ0n) is 10.7. The van der Waals surface area contributed by atoms with Crippen LogP contribution >= 0.6 is 39.9 Å². The number of nitro benzene ring substituents is 1. The predicted octanol–water partition coefficient (Wildman–Crippen LogP) is 3.28. The minimum absolute atomic E-state index is 0.188. The lowest BCUT2D eigenvalue weighted by Crippen LogP contribution is -2.27. The Morgan fingerprint density at radius 2 is 2.24 bits per heavy atom. The van der Waals surface area contributed by atoms with Crippen molar-refractivity contribution in [2.45, 2.75) is 6.92 Å². The molecule has 1 fully saturated rings. The van der Waals surface area contributed by atoms with E-state index in [1.807, 2.05) is 0 Å². The van der Waals surface area contributed by atoms with Crippen LogP contribution in [0, 0.1) is 10.1 Å². The first-order valence-electron chi connectivity index (χ1n) is 5.77. The SMILES string of the molecule is CCN1C(=O)/C(=C\c2cc(Br)cc([N+](=O)[O-])c2O)SC1=S. The van der Waals surface area contributed by atoms with Crippen LogP contribution < -0.4 is 0 Å². The van der Waals surface area contributed by atoms with Gasteiger partial charge in [0.15, 0.2) is 0 Å². The van der Waals surface area contributed by atoms with Gasteiger partial charge in [-0.15, -0.1) is 0 Å². The largest absolute Gasteiger partial charge is 0.502 e. The van der Waals surface area contributed by atoms with Crippen LogP contribution in [0.5, 0.6) is 5.75 Å². The Hall–Kier alpha value is -1.45. The summed E-state index contributed by atoms with van der Waals surface area (Å²) in [5.41, 5.74) is -0.241. The molecular formula is C12H9BrN2O4S2. The molecule has 110 valence electrons. The van der Waals surface area contributed by atoms with Gasteiger partial charge in [-0.05, 0) is 19.1 Å². The van der Waals surface area contributed by atoms with E-state index in [4.69, 9.17) is 12.2 Å². The normalized spacial score (nSPS) is 16.9. The fourth-order valence-corrected chi connectivity index (χ4v) is 3.61. The molecule has 0 bridgehead atoms. The number of rotatable bonds is 3. The fourth-order valence-electron chi connectivity index (χ4n) is 1.77. The number of aromatic hydroxyl groups is 1. The maximum absolute atomic E-state index is 12.1. The number of carbonyl (C=O) groups excluding carboxylic acids is 1. The number of nitro groups is 1. The third-order valence-electron chi connectivity index (χ3n) is 2.76. The Kier molecular flexibility index (Phi) is 4.64. The molecule has 2 rings (SSSR count). The van der Waals surface area contributed by atoms with E-state index in [1.165, 1.54) is 23.1 Å². The van der Waals surface area contributed by atoms with Gasteiger partial charge in [0, 0.05) is 22.6 Å². The molecule has 0 aromatic heterocycles. The molecule has 0 atom stereocenters. The van der Waals surface area contributed by atoms with Crippen molar-refractivity contribution in [3.63, 3.8) is 0 Å². The Labute approximate surface area is 138 Å². The van der Waals surface area contributed by atoms with Gasteiger partial charge < -0.3 is 5.11 Å². The molecule has 1 aliphatic rings. The lowest BCUT2D eigenvalue weighted by atomic mass is 10.1. The molecule has 1 aromatic rings. The quantitative estimate of drug-likeness (QED) is 0.370. The zero-order valence-corrected chi connectivity index (χ0v) is 13.9. The molecule has 0 spiro atoms. The number of phenolic OH excluding ortho intramolecular Hbond substituents is 1. The van der Waals surface area contributed by atoms with Crippen LogP contribution in [0.3, 0.4) is 0 Å². The van der Waals surface area contributed by atoms with Gasteiger partial charge in [0.2, 0.25) is 5.75 Å². The molecule has 9 heteroatoms. The predicted molar refractivity (Wildman–Crippen MR) is 88.0 cm³/mol. The summed E-state index contributed by atoms with van der Waals surface area (Å²) in [5, 5.41) is 20.8. The van der Waals surface area contributed by atoms with Crippen LogP contribution in [0.2, 0.25) is 0 Å². The monoisotopic (exact) mass is 388 g/mol. The van der Waals surface area contributed by atoms with Gasteiger partial charge in [-0.1, -0.05) is 39.9 Å². The summed E-state index contributed by atoms with van der Waals surface area (Å²) >= 11 is 9.33. The van der Waals surface area contributed by atoms with Crippen LogP contribution in [-0.2, 0) is 4.79 Å². The first kappa shape index (κ1) is 15.9. The Morgan fingerprint density at radius 1 is 1.57 bits per heavy atom. The summed E-state index contributed by atoms with van der Waals surface area (Å²) < 4.78 is 0.863. The second-order valence-corrected chi connectivity index (χ2v) is 6.64. The summed E-state index contributed by atoms with van der Waals surface area (Å²) in [6.07, 6.45) is 1.40. The number of halogens is 1. The molecule has 21 heavy (non-hydrogen) atoms. The zero-order chi connectivity index (χ0) is 15.7. The lowest BCUT2D eigenvalue weighted by molar-refractivity contribution is -0.385. The summed E-state index contributed by atoms with van der Waals surface area (Å²) in [6.45, 7) is 2.25. The standard InChI is InChI=1S/C12H9BrN2O4S2/c1-2-14-11(17)9(21-12(14)20)4-6-3-7(13)5-8(10(6)16)15(18)19/h3-5,16H,2H2,1H3/b9-4+. The number of nitrogens with zero attached hydrogens (tertiary/aromatic N) is 2. The van der Waals surface area contributed by atoms with Crippen LogP contribution in [-0.4, -0.2) is 31.7 Å². The van der Waals surface area contributed by atoms with E-state index in [9.17, 15) is 20.0 Å². The Bertz CT molecular complexity index is 690. The topological polar surface area (TPSA) is 83.7 Å². The molecule has 0 saturated carbocycles. The van der Waals surface area contributed by atoms with Crippen molar-refractivity contribution in [1.82, 2.24) is 4.90 Å². The van der Waals surface area contributed by atoms with Crippen molar-refractivity contribution in [2.75, 3.05) is 6.54 Å². The van der Waals surface area contributed by atoms with Gasteiger partial charge in [-0.3, -0.25) is 19.8 Å². The number of phenols is 1. The number of benzene rings is 1. The minimum atomic E-state index is -0.686. The van der Waals surface area contributed by atoms with Crippen molar-refractivity contribution in [3.05, 3.63) is 37.2 Å². The van der Waals surface area contributed by atoms with Crippen molar-refractivity contribution < 1.29 is 14.8 Å². The molecule has 6 nitrogen and oxygen atoms in total. The maximum Gasteiger partial charge on any atom is 0.312 e. The third-order valence-corrected chi connectivity index (χ3v) is 4.59. The van der Waals surface area contributed by atoms with Crippen molar-refractivity contribution in [2.24, 2.45) is 0 Å². The van der Waals surface area contributed by atoms with Crippen LogP contribution in [0.25, 0.3) is 6.08 Å². The molecule has 0 aliphatic carbocycles. The number of likely N-dealkylation sites (N-methyl/N-ethyl adjacent to an activating group) is 1. The van der Waals surface area contributed by atoms with E-state index >= 15 is 0 Å². The van der Waals surface area contributed by atoms with Gasteiger partial charge in [0.1, 0.15) is 4.32 Å². The van der Waals surface area contributed by atoms with E-state index in [0.717, 1.165) is 11.8 Å². The van der Waals surface area contributed by atoms with Gasteiger partial charge in [0.05, 0.1) is 9.83 Å². The summed E-state index contributed by atoms with van der Waals surface area (Å²) in [4.78, 5) is 24.0.